The first kappa shape index (κ1) is 24.6. The molecule has 3 aromatic heterocycles. The highest BCUT2D eigenvalue weighted by Gasteiger charge is 2.30. The summed E-state index contributed by atoms with van der Waals surface area (Å²) in [6.45, 7) is 2.00. The predicted molar refractivity (Wildman–Crippen MR) is 135 cm³/mol. The largest absolute Gasteiger partial charge is 0.367 e. The van der Waals surface area contributed by atoms with E-state index < -0.39 is 23.6 Å². The summed E-state index contributed by atoms with van der Waals surface area (Å²) >= 11 is 5.99. The van der Waals surface area contributed by atoms with Crippen LogP contribution in [-0.4, -0.2) is 63.9 Å². The van der Waals surface area contributed by atoms with Gasteiger partial charge in [0, 0.05) is 56.4 Å². The molecule has 4 heterocycles. The quantitative estimate of drug-likeness (QED) is 0.402. The lowest BCUT2D eigenvalue weighted by Gasteiger charge is -2.37. The van der Waals surface area contributed by atoms with E-state index >= 15 is 0 Å². The summed E-state index contributed by atoms with van der Waals surface area (Å²) in [6, 6.07) is 9.15. The summed E-state index contributed by atoms with van der Waals surface area (Å²) in [5.74, 6) is -2.40. The number of pyridine rings is 2. The molecule has 1 saturated heterocycles. The van der Waals surface area contributed by atoms with Gasteiger partial charge in [0.05, 0.1) is 16.9 Å². The summed E-state index contributed by atoms with van der Waals surface area (Å²) in [6.07, 6.45) is 4.78. The van der Waals surface area contributed by atoms with Crippen molar-refractivity contribution in [1.82, 2.24) is 25.2 Å². The monoisotopic (exact) mass is 524 g/mol. The smallest absolute Gasteiger partial charge is 0.268 e. The van der Waals surface area contributed by atoms with Gasteiger partial charge in [-0.25, -0.2) is 13.8 Å². The number of carbonyl (C=O) groups excluding carboxylic acids is 2. The summed E-state index contributed by atoms with van der Waals surface area (Å²) in [7, 11) is 0. The highest BCUT2D eigenvalue weighted by molar-refractivity contribution is 6.31. The van der Waals surface area contributed by atoms with E-state index in [0.717, 1.165) is 17.8 Å². The molecule has 2 N–H and O–H groups in total. The average Bonchev–Trinajstić information content (AvgIpc) is 3.33. The van der Waals surface area contributed by atoms with Crippen LogP contribution in [-0.2, 0) is 11.2 Å². The number of anilines is 1. The van der Waals surface area contributed by atoms with Crippen LogP contribution < -0.4 is 10.2 Å². The second kappa shape index (κ2) is 10.5. The van der Waals surface area contributed by atoms with E-state index in [1.54, 1.807) is 29.4 Å². The van der Waals surface area contributed by atoms with Gasteiger partial charge in [-0.3, -0.25) is 14.6 Å². The fourth-order valence-corrected chi connectivity index (χ4v) is 4.57. The topological polar surface area (TPSA) is 94.2 Å². The number of amides is 2. The van der Waals surface area contributed by atoms with E-state index in [2.05, 4.69) is 25.2 Å². The Labute approximate surface area is 216 Å². The number of fused-ring (bicyclic) bond motifs is 1. The van der Waals surface area contributed by atoms with Crippen molar-refractivity contribution >= 4 is 40.1 Å². The SMILES string of the molecule is O=C(N[C@@H](Cc1ccc(F)cc1F)C(=O)N1CCN(c2cccnc2)CC1)c1cc2cc(Cl)cnc2[nH]1. The summed E-state index contributed by atoms with van der Waals surface area (Å²) in [5.41, 5.74) is 1.73. The van der Waals surface area contributed by atoms with Crippen LogP contribution in [0.25, 0.3) is 11.0 Å². The molecule has 37 heavy (non-hydrogen) atoms. The zero-order valence-corrected chi connectivity index (χ0v) is 20.4. The minimum atomic E-state index is -1.07. The highest BCUT2D eigenvalue weighted by atomic mass is 35.5. The molecule has 11 heteroatoms. The molecule has 0 saturated carbocycles. The Bertz CT molecular complexity index is 1440. The normalized spacial score (nSPS) is 14.6. The van der Waals surface area contributed by atoms with Gasteiger partial charge in [0.25, 0.3) is 5.91 Å². The molecule has 0 bridgehead atoms. The van der Waals surface area contributed by atoms with Crippen molar-refractivity contribution in [3.05, 3.63) is 89.0 Å². The Morgan fingerprint density at radius 1 is 1.08 bits per heavy atom. The lowest BCUT2D eigenvalue weighted by atomic mass is 10.0. The fourth-order valence-electron chi connectivity index (χ4n) is 4.40. The van der Waals surface area contributed by atoms with Gasteiger partial charge in [-0.05, 0) is 35.9 Å². The van der Waals surface area contributed by atoms with Crippen molar-refractivity contribution in [2.45, 2.75) is 12.5 Å². The summed E-state index contributed by atoms with van der Waals surface area (Å²) in [4.78, 5) is 41.6. The van der Waals surface area contributed by atoms with Gasteiger partial charge < -0.3 is 20.1 Å². The molecule has 1 aliphatic rings. The number of nitrogens with one attached hydrogen (secondary N) is 2. The Morgan fingerprint density at radius 2 is 1.89 bits per heavy atom. The number of nitrogens with zero attached hydrogens (tertiary/aromatic N) is 4. The van der Waals surface area contributed by atoms with E-state index in [1.165, 1.54) is 12.3 Å². The van der Waals surface area contributed by atoms with Gasteiger partial charge in [-0.1, -0.05) is 17.7 Å². The molecule has 0 spiro atoms. The maximum atomic E-state index is 14.5. The van der Waals surface area contributed by atoms with Crippen molar-refractivity contribution in [3.63, 3.8) is 0 Å². The molecule has 1 fully saturated rings. The minimum absolute atomic E-state index is 0.124. The number of halogens is 3. The van der Waals surface area contributed by atoms with E-state index in [-0.39, 0.29) is 23.6 Å². The highest BCUT2D eigenvalue weighted by Crippen LogP contribution is 2.20. The lowest BCUT2D eigenvalue weighted by Crippen LogP contribution is -2.55. The van der Waals surface area contributed by atoms with Gasteiger partial charge in [0.2, 0.25) is 5.91 Å². The van der Waals surface area contributed by atoms with Crippen LogP contribution in [0.15, 0.2) is 61.1 Å². The number of hydrogen-bond acceptors (Lipinski definition) is 5. The summed E-state index contributed by atoms with van der Waals surface area (Å²) in [5, 5.41) is 3.79. The number of aromatic amines is 1. The van der Waals surface area contributed by atoms with E-state index in [1.807, 2.05) is 12.1 Å². The molecule has 0 unspecified atom stereocenters. The standard InChI is InChI=1S/C26H23ClF2N6O2/c27-18-10-17-12-22(32-24(17)31-14-18)25(36)33-23(11-16-3-4-19(28)13-21(16)29)26(37)35-8-6-34(7-9-35)20-2-1-5-30-15-20/h1-5,10,12-15,23H,6-9,11H2,(H,31,32)(H,33,36)/t23-/m0/s1. The van der Waals surface area contributed by atoms with Crippen LogP contribution in [0.3, 0.4) is 0 Å². The van der Waals surface area contributed by atoms with Crippen molar-refractivity contribution in [2.24, 2.45) is 0 Å². The number of benzene rings is 1. The van der Waals surface area contributed by atoms with Gasteiger partial charge in [-0.15, -0.1) is 0 Å². The summed E-state index contributed by atoms with van der Waals surface area (Å²) < 4.78 is 27.9. The Kier molecular flexibility index (Phi) is 7.00. The molecule has 8 nitrogen and oxygen atoms in total. The van der Waals surface area contributed by atoms with Crippen molar-refractivity contribution in [1.29, 1.82) is 0 Å². The molecule has 190 valence electrons. The van der Waals surface area contributed by atoms with Crippen LogP contribution in [0.4, 0.5) is 14.5 Å². The Morgan fingerprint density at radius 3 is 2.62 bits per heavy atom. The third-order valence-corrected chi connectivity index (χ3v) is 6.53. The van der Waals surface area contributed by atoms with E-state index in [0.29, 0.717) is 42.2 Å². The zero-order valence-electron chi connectivity index (χ0n) is 19.6. The Hall–Kier alpha value is -4.05. The number of aromatic nitrogens is 3. The average molecular weight is 525 g/mol. The third kappa shape index (κ3) is 5.54. The first-order chi connectivity index (χ1) is 17.9. The molecule has 1 aromatic carbocycles. The molecule has 0 radical (unpaired) electrons. The van der Waals surface area contributed by atoms with Crippen molar-refractivity contribution < 1.29 is 18.4 Å². The molecular formula is C26H23ClF2N6O2. The van der Waals surface area contributed by atoms with Crippen LogP contribution in [0.2, 0.25) is 5.02 Å². The molecular weight excluding hydrogens is 502 g/mol. The molecule has 5 rings (SSSR count). The fraction of sp³-hybridized carbons (Fsp3) is 0.231. The van der Waals surface area contributed by atoms with E-state index in [4.69, 9.17) is 11.6 Å². The predicted octanol–water partition coefficient (Wildman–Crippen LogP) is 3.58. The third-order valence-electron chi connectivity index (χ3n) is 6.33. The number of piperazine rings is 1. The molecule has 1 atom stereocenters. The second-order valence-electron chi connectivity index (χ2n) is 8.76. The van der Waals surface area contributed by atoms with Crippen molar-refractivity contribution in [3.8, 4) is 0 Å². The van der Waals surface area contributed by atoms with Gasteiger partial charge in [-0.2, -0.15) is 0 Å². The van der Waals surface area contributed by atoms with Gasteiger partial charge in [0.1, 0.15) is 29.0 Å². The molecule has 1 aliphatic heterocycles. The van der Waals surface area contributed by atoms with Crippen LogP contribution in [0, 0.1) is 11.6 Å². The van der Waals surface area contributed by atoms with Crippen LogP contribution in [0.1, 0.15) is 16.1 Å². The van der Waals surface area contributed by atoms with E-state index in [9.17, 15) is 18.4 Å². The van der Waals surface area contributed by atoms with Crippen molar-refractivity contribution in [2.75, 3.05) is 31.1 Å². The number of hydrogen-bond donors (Lipinski definition) is 2. The first-order valence-corrected chi connectivity index (χ1v) is 12.1. The van der Waals surface area contributed by atoms with Gasteiger partial charge >= 0.3 is 0 Å². The van der Waals surface area contributed by atoms with Crippen LogP contribution >= 0.6 is 11.6 Å². The first-order valence-electron chi connectivity index (χ1n) is 11.7. The Balaban J connectivity index is 1.35. The number of carbonyl (C=O) groups is 2. The molecule has 4 aromatic rings. The molecule has 2 amide bonds. The maximum absolute atomic E-state index is 14.5. The van der Waals surface area contributed by atoms with Crippen LogP contribution in [0.5, 0.6) is 0 Å². The lowest BCUT2D eigenvalue weighted by molar-refractivity contribution is -0.133. The number of H-pyrrole nitrogens is 1. The minimum Gasteiger partial charge on any atom is -0.367 e. The second-order valence-corrected chi connectivity index (χ2v) is 9.20. The maximum Gasteiger partial charge on any atom is 0.268 e. The zero-order chi connectivity index (χ0) is 25.9. The van der Waals surface area contributed by atoms with Gasteiger partial charge in [0.15, 0.2) is 0 Å². The molecule has 0 aliphatic carbocycles. The number of rotatable bonds is 6.